The average Bonchev–Trinajstić information content (AvgIpc) is 2.68. The number of benzene rings is 2. The fraction of sp³-hybridized carbons (Fsp3) is 0.391. The number of ether oxygens (including phenoxy) is 1. The molecule has 28 heavy (non-hydrogen) atoms. The lowest BCUT2D eigenvalue weighted by Gasteiger charge is -2.33. The van der Waals surface area contributed by atoms with Gasteiger partial charge >= 0.3 is 5.97 Å². The van der Waals surface area contributed by atoms with Crippen LogP contribution in [-0.2, 0) is 16.0 Å². The highest BCUT2D eigenvalue weighted by Crippen LogP contribution is 2.37. The number of carboxylic acid groups (broad SMARTS) is 1. The summed E-state index contributed by atoms with van der Waals surface area (Å²) in [6, 6.07) is 15.4. The predicted octanol–water partition coefficient (Wildman–Crippen LogP) is 3.92. The summed E-state index contributed by atoms with van der Waals surface area (Å²) in [5, 5.41) is 12.8. The van der Waals surface area contributed by atoms with E-state index in [1.165, 1.54) is 0 Å². The van der Waals surface area contributed by atoms with Crippen molar-refractivity contribution in [3.8, 4) is 11.1 Å². The maximum atomic E-state index is 12.4. The van der Waals surface area contributed by atoms with Crippen molar-refractivity contribution in [2.24, 2.45) is 5.41 Å². The van der Waals surface area contributed by atoms with Crippen LogP contribution in [0, 0.1) is 5.41 Å². The second-order valence-corrected chi connectivity index (χ2v) is 7.74. The van der Waals surface area contributed by atoms with E-state index in [0.29, 0.717) is 38.0 Å². The first-order valence-corrected chi connectivity index (χ1v) is 9.72. The van der Waals surface area contributed by atoms with Crippen molar-refractivity contribution >= 4 is 11.9 Å². The highest BCUT2D eigenvalue weighted by Gasteiger charge is 2.40. The Morgan fingerprint density at radius 3 is 2.50 bits per heavy atom. The molecular weight excluding hydrogens is 354 g/mol. The monoisotopic (exact) mass is 381 g/mol. The molecule has 2 aromatic carbocycles. The van der Waals surface area contributed by atoms with Gasteiger partial charge in [0.05, 0.1) is 5.41 Å². The van der Waals surface area contributed by atoms with Gasteiger partial charge in [0.2, 0.25) is 0 Å². The number of carbonyl (C=O) groups is 2. The Morgan fingerprint density at radius 2 is 1.82 bits per heavy atom. The van der Waals surface area contributed by atoms with Crippen LogP contribution in [0.3, 0.4) is 0 Å². The van der Waals surface area contributed by atoms with Crippen molar-refractivity contribution in [3.63, 3.8) is 0 Å². The van der Waals surface area contributed by atoms with Gasteiger partial charge in [0.25, 0.3) is 5.91 Å². The van der Waals surface area contributed by atoms with E-state index >= 15 is 0 Å². The molecule has 0 unspecified atom stereocenters. The molecule has 0 radical (unpaired) electrons. The summed E-state index contributed by atoms with van der Waals surface area (Å²) in [6.45, 7) is 4.80. The van der Waals surface area contributed by atoms with Gasteiger partial charge in [-0.25, -0.2) is 0 Å². The number of nitrogens with one attached hydrogen (secondary N) is 1. The zero-order chi connectivity index (χ0) is 20.1. The summed E-state index contributed by atoms with van der Waals surface area (Å²) in [6.07, 6.45) is 1.46. The van der Waals surface area contributed by atoms with Gasteiger partial charge in [0, 0.05) is 24.8 Å². The Hall–Kier alpha value is -2.66. The average molecular weight is 381 g/mol. The van der Waals surface area contributed by atoms with Crippen LogP contribution in [0.1, 0.15) is 42.6 Å². The fourth-order valence-corrected chi connectivity index (χ4v) is 3.72. The van der Waals surface area contributed by atoms with Crippen LogP contribution < -0.4 is 5.32 Å². The number of carbonyl (C=O) groups excluding carboxylic acids is 1. The van der Waals surface area contributed by atoms with E-state index in [2.05, 4.69) is 5.32 Å². The standard InChI is InChI=1S/C23H27NO4/c1-16(2)24-21(25)18-8-5-7-17(14-18)20-9-4-3-6-19(20)15-23(22(26)27)10-12-28-13-11-23/h3-9,14,16H,10-13,15H2,1-2H3,(H,24,25)(H,26,27). The molecule has 0 spiro atoms. The SMILES string of the molecule is CC(C)NC(=O)c1cccc(-c2ccccc2CC2(C(=O)O)CCOCC2)c1. The molecule has 1 heterocycles. The molecule has 2 aromatic rings. The van der Waals surface area contributed by atoms with Gasteiger partial charge < -0.3 is 15.2 Å². The zero-order valence-electron chi connectivity index (χ0n) is 16.4. The van der Waals surface area contributed by atoms with Crippen molar-refractivity contribution in [1.29, 1.82) is 0 Å². The number of hydrogen-bond donors (Lipinski definition) is 2. The Bertz CT molecular complexity index is 853. The summed E-state index contributed by atoms with van der Waals surface area (Å²) < 4.78 is 5.39. The van der Waals surface area contributed by atoms with Crippen molar-refractivity contribution in [2.45, 2.75) is 39.2 Å². The lowest BCUT2D eigenvalue weighted by molar-refractivity contribution is -0.154. The van der Waals surface area contributed by atoms with E-state index < -0.39 is 11.4 Å². The van der Waals surface area contributed by atoms with Crippen LogP contribution >= 0.6 is 0 Å². The maximum Gasteiger partial charge on any atom is 0.310 e. The highest BCUT2D eigenvalue weighted by atomic mass is 16.5. The largest absolute Gasteiger partial charge is 0.481 e. The van der Waals surface area contributed by atoms with Crippen molar-refractivity contribution in [1.82, 2.24) is 5.32 Å². The summed E-state index contributed by atoms with van der Waals surface area (Å²) in [4.78, 5) is 24.4. The number of carboxylic acids is 1. The molecule has 2 N–H and O–H groups in total. The Labute approximate surface area is 165 Å². The molecule has 1 aliphatic heterocycles. The van der Waals surface area contributed by atoms with E-state index in [4.69, 9.17) is 4.74 Å². The second kappa shape index (κ2) is 8.57. The van der Waals surface area contributed by atoms with Gasteiger partial charge in [0.1, 0.15) is 0 Å². The van der Waals surface area contributed by atoms with E-state index in [0.717, 1.165) is 16.7 Å². The van der Waals surface area contributed by atoms with Crippen molar-refractivity contribution in [3.05, 3.63) is 59.7 Å². The summed E-state index contributed by atoms with van der Waals surface area (Å²) in [7, 11) is 0. The first-order valence-electron chi connectivity index (χ1n) is 9.72. The van der Waals surface area contributed by atoms with E-state index in [-0.39, 0.29) is 11.9 Å². The van der Waals surface area contributed by atoms with Gasteiger partial charge in [-0.2, -0.15) is 0 Å². The normalized spacial score (nSPS) is 16.0. The zero-order valence-corrected chi connectivity index (χ0v) is 16.4. The minimum absolute atomic E-state index is 0.0624. The minimum atomic E-state index is -0.805. The number of hydrogen-bond acceptors (Lipinski definition) is 3. The first kappa shape index (κ1) is 20.1. The molecule has 5 heteroatoms. The predicted molar refractivity (Wildman–Crippen MR) is 108 cm³/mol. The Balaban J connectivity index is 1.94. The summed E-state index contributed by atoms with van der Waals surface area (Å²) >= 11 is 0. The molecule has 0 atom stereocenters. The molecule has 0 bridgehead atoms. The number of aliphatic carboxylic acids is 1. The Morgan fingerprint density at radius 1 is 1.11 bits per heavy atom. The molecule has 0 aromatic heterocycles. The molecule has 1 amide bonds. The smallest absolute Gasteiger partial charge is 0.310 e. The summed E-state index contributed by atoms with van der Waals surface area (Å²) in [5.41, 5.74) is 2.66. The topological polar surface area (TPSA) is 75.6 Å². The molecule has 0 saturated carbocycles. The minimum Gasteiger partial charge on any atom is -0.481 e. The molecule has 3 rings (SSSR count). The molecular formula is C23H27NO4. The van der Waals surface area contributed by atoms with Gasteiger partial charge in [-0.05, 0) is 61.9 Å². The fourth-order valence-electron chi connectivity index (χ4n) is 3.72. The van der Waals surface area contributed by atoms with Gasteiger partial charge in [-0.3, -0.25) is 9.59 Å². The van der Waals surface area contributed by atoms with Crippen LogP contribution in [0.4, 0.5) is 0 Å². The molecule has 0 aliphatic carbocycles. The molecule has 1 fully saturated rings. The van der Waals surface area contributed by atoms with Gasteiger partial charge in [-0.1, -0.05) is 36.4 Å². The van der Waals surface area contributed by atoms with E-state index in [9.17, 15) is 14.7 Å². The Kier molecular flexibility index (Phi) is 6.15. The first-order chi connectivity index (χ1) is 13.4. The van der Waals surface area contributed by atoms with Crippen molar-refractivity contribution in [2.75, 3.05) is 13.2 Å². The lowest BCUT2D eigenvalue weighted by atomic mass is 9.74. The van der Waals surface area contributed by atoms with Crippen LogP contribution in [0.15, 0.2) is 48.5 Å². The number of rotatable bonds is 6. The highest BCUT2D eigenvalue weighted by molar-refractivity contribution is 5.95. The summed E-state index contributed by atoms with van der Waals surface area (Å²) in [5.74, 6) is -0.878. The van der Waals surface area contributed by atoms with Gasteiger partial charge in [-0.15, -0.1) is 0 Å². The third kappa shape index (κ3) is 4.42. The van der Waals surface area contributed by atoms with Crippen LogP contribution in [0.25, 0.3) is 11.1 Å². The van der Waals surface area contributed by atoms with Gasteiger partial charge in [0.15, 0.2) is 0 Å². The lowest BCUT2D eigenvalue weighted by Crippen LogP contribution is -2.39. The molecule has 148 valence electrons. The molecule has 1 aliphatic rings. The third-order valence-electron chi connectivity index (χ3n) is 5.31. The van der Waals surface area contributed by atoms with Crippen LogP contribution in [0.5, 0.6) is 0 Å². The van der Waals surface area contributed by atoms with Crippen LogP contribution in [-0.4, -0.2) is 36.2 Å². The molecule has 1 saturated heterocycles. The van der Waals surface area contributed by atoms with Crippen molar-refractivity contribution < 1.29 is 19.4 Å². The quantitative estimate of drug-likeness (QED) is 0.795. The molecule has 5 nitrogen and oxygen atoms in total. The third-order valence-corrected chi connectivity index (χ3v) is 5.31. The maximum absolute atomic E-state index is 12.4. The van der Waals surface area contributed by atoms with Crippen LogP contribution in [0.2, 0.25) is 0 Å². The van der Waals surface area contributed by atoms with E-state index in [1.807, 2.05) is 56.3 Å². The van der Waals surface area contributed by atoms with E-state index in [1.54, 1.807) is 6.07 Å². The second-order valence-electron chi connectivity index (χ2n) is 7.74. The number of amides is 1.